The number of aromatic nitrogens is 1. The van der Waals surface area contributed by atoms with E-state index in [1.807, 2.05) is 151 Å². The Kier molecular flexibility index (Phi) is 22.0. The van der Waals surface area contributed by atoms with E-state index < -0.39 is 19.2 Å². The lowest BCUT2D eigenvalue weighted by Crippen LogP contribution is -2.46. The monoisotopic (exact) mass is 969 g/mol. The third-order valence-electron chi connectivity index (χ3n) is 10.5. The van der Waals surface area contributed by atoms with Gasteiger partial charge in [-0.25, -0.2) is 4.79 Å². The standard InChI is InChI=1S/C40H45N6O6PS.C6H5Cl.C3H9N.C2H6/c1-4-35-39(38(40(47)48)28(3)44(35)5-2)29-10-9-11-32(26-29)43-22-20-42(21-23-43)31-16-14-30(15-17-31)41-53(52)37-27-33(46(50)51)18-19-36(37)45(49)24-25-54-34-12-7-6-8-13-34;7-6-4-2-1-3-5-6;1-4(2)3;1-2/h6-19,26-27,41,49,52H,4-5,20-25H2,1-3H3,(H,47,48);1-5H;1-3H3;1-2H3. The number of anilines is 4. The van der Waals surface area contributed by atoms with E-state index in [9.17, 15) is 30.1 Å². The van der Waals surface area contributed by atoms with E-state index in [2.05, 4.69) is 38.5 Å². The maximum atomic E-state index is 12.4. The summed E-state index contributed by atoms with van der Waals surface area (Å²) in [6, 6.07) is 39.2. The first kappa shape index (κ1) is 54.0. The van der Waals surface area contributed by atoms with E-state index in [0.717, 1.165) is 81.5 Å². The van der Waals surface area contributed by atoms with E-state index in [1.165, 1.54) is 18.2 Å². The summed E-state index contributed by atoms with van der Waals surface area (Å²) in [5, 5.41) is 37.8. The van der Waals surface area contributed by atoms with Crippen molar-refractivity contribution in [3.8, 4) is 11.1 Å². The molecule has 358 valence electrons. The highest BCUT2D eigenvalue weighted by Gasteiger charge is 2.26. The summed E-state index contributed by atoms with van der Waals surface area (Å²) in [5.74, 6) is -0.341. The van der Waals surface area contributed by atoms with E-state index in [1.54, 1.807) is 11.8 Å². The number of hydroxylamine groups is 1. The Morgan fingerprint density at radius 2 is 1.42 bits per heavy atom. The van der Waals surface area contributed by atoms with E-state index >= 15 is 0 Å². The SMILES string of the molecule is CC.CCc1c(-c2cccc(N3CCN(c4ccc(NP(O)c5cc([N+](=O)[O-])ccc5N(O)CCSc5ccccc5)cc4)CC3)c2)c(C(=O)O)c(C)n1CC.CN(C)C.Clc1ccccc1. The molecular formula is C51H65ClN7O6PS. The third kappa shape index (κ3) is 15.5. The smallest absolute Gasteiger partial charge is 0.338 e. The van der Waals surface area contributed by atoms with Gasteiger partial charge in [-0.3, -0.25) is 20.4 Å². The lowest BCUT2D eigenvalue weighted by Gasteiger charge is -2.37. The average molecular weight is 971 g/mol. The summed E-state index contributed by atoms with van der Waals surface area (Å²) in [6.45, 7) is 14.1. The Morgan fingerprint density at radius 3 is 1.94 bits per heavy atom. The van der Waals surface area contributed by atoms with Gasteiger partial charge < -0.3 is 34.4 Å². The molecule has 6 aromatic rings. The van der Waals surface area contributed by atoms with Crippen LogP contribution < -0.4 is 25.3 Å². The van der Waals surface area contributed by atoms with Gasteiger partial charge in [0.05, 0.1) is 28.0 Å². The van der Waals surface area contributed by atoms with Crippen LogP contribution in [-0.2, 0) is 13.0 Å². The molecule has 1 saturated heterocycles. The molecule has 4 N–H and O–H groups in total. The minimum atomic E-state index is -2.11. The van der Waals surface area contributed by atoms with Crippen LogP contribution in [0.5, 0.6) is 0 Å². The highest BCUT2D eigenvalue weighted by atomic mass is 35.5. The zero-order valence-electron chi connectivity index (χ0n) is 39.8. The number of carboxylic acids is 1. The zero-order valence-corrected chi connectivity index (χ0v) is 42.2. The van der Waals surface area contributed by atoms with Crippen LogP contribution in [0.4, 0.5) is 28.4 Å². The summed E-state index contributed by atoms with van der Waals surface area (Å²) in [6.07, 6.45) is 0.737. The van der Waals surface area contributed by atoms with Crippen molar-refractivity contribution in [1.82, 2.24) is 9.47 Å². The highest BCUT2D eigenvalue weighted by Crippen LogP contribution is 2.38. The predicted molar refractivity (Wildman–Crippen MR) is 282 cm³/mol. The summed E-state index contributed by atoms with van der Waals surface area (Å²) >= 11 is 7.12. The number of nitrogens with one attached hydrogen (secondary N) is 1. The fourth-order valence-corrected chi connectivity index (χ4v) is 9.66. The zero-order chi connectivity index (χ0) is 49.0. The Bertz CT molecular complexity index is 2450. The molecule has 2 heterocycles. The van der Waals surface area contributed by atoms with Gasteiger partial charge in [-0.2, -0.15) is 0 Å². The Morgan fingerprint density at radius 1 is 0.836 bits per heavy atom. The fourth-order valence-electron chi connectivity index (χ4n) is 7.49. The van der Waals surface area contributed by atoms with Crippen molar-refractivity contribution in [2.45, 2.75) is 52.5 Å². The van der Waals surface area contributed by atoms with Gasteiger partial charge in [-0.15, -0.1) is 11.8 Å². The lowest BCUT2D eigenvalue weighted by molar-refractivity contribution is -0.384. The summed E-state index contributed by atoms with van der Waals surface area (Å²) < 4.78 is 2.11. The number of rotatable bonds is 15. The lowest BCUT2D eigenvalue weighted by atomic mass is 9.98. The van der Waals surface area contributed by atoms with Gasteiger partial charge in [0.15, 0.2) is 8.30 Å². The number of hydrogen-bond acceptors (Lipinski definition) is 11. The molecule has 0 bridgehead atoms. The minimum absolute atomic E-state index is 0.174. The van der Waals surface area contributed by atoms with E-state index in [-0.39, 0.29) is 17.5 Å². The molecule has 7 rings (SSSR count). The van der Waals surface area contributed by atoms with Crippen LogP contribution in [0, 0.1) is 17.0 Å². The molecule has 1 atom stereocenters. The molecule has 0 aliphatic carbocycles. The molecule has 1 aromatic heterocycles. The Labute approximate surface area is 406 Å². The number of piperazine rings is 1. The molecule has 1 aliphatic rings. The molecule has 1 unspecified atom stereocenters. The molecule has 0 radical (unpaired) electrons. The van der Waals surface area contributed by atoms with Crippen LogP contribution in [0.15, 0.2) is 132 Å². The largest absolute Gasteiger partial charge is 0.478 e. The number of non-ortho nitro benzene ring substituents is 1. The summed E-state index contributed by atoms with van der Waals surface area (Å²) in [4.78, 5) is 42.4. The van der Waals surface area contributed by atoms with Crippen molar-refractivity contribution in [3.63, 3.8) is 0 Å². The van der Waals surface area contributed by atoms with Crippen molar-refractivity contribution in [2.75, 3.05) is 79.6 Å². The number of nitro groups is 1. The number of nitrogens with zero attached hydrogens (tertiary/aromatic N) is 6. The van der Waals surface area contributed by atoms with Crippen LogP contribution in [0.3, 0.4) is 0 Å². The maximum Gasteiger partial charge on any atom is 0.338 e. The fraction of sp³-hybridized carbons (Fsp3) is 0.314. The first-order valence-electron chi connectivity index (χ1n) is 22.4. The number of nitro benzene ring substituents is 1. The summed E-state index contributed by atoms with van der Waals surface area (Å²) in [5.41, 5.74) is 6.76. The quantitative estimate of drug-likeness (QED) is 0.0336. The molecule has 1 aliphatic heterocycles. The van der Waals surface area contributed by atoms with Gasteiger partial charge in [-0.05, 0) is 114 Å². The van der Waals surface area contributed by atoms with Gasteiger partial charge in [0.25, 0.3) is 5.69 Å². The number of hydrogen-bond donors (Lipinski definition) is 4. The molecule has 1 fully saturated rings. The van der Waals surface area contributed by atoms with Crippen molar-refractivity contribution >= 4 is 71.4 Å². The Hall–Kier alpha value is -5.60. The molecule has 13 nitrogen and oxygen atoms in total. The average Bonchev–Trinajstić information content (AvgIpc) is 3.64. The van der Waals surface area contributed by atoms with Crippen molar-refractivity contribution < 1.29 is 24.9 Å². The maximum absolute atomic E-state index is 12.4. The van der Waals surface area contributed by atoms with E-state index in [4.69, 9.17) is 11.6 Å². The van der Waals surface area contributed by atoms with Gasteiger partial charge in [0.2, 0.25) is 0 Å². The first-order valence-corrected chi connectivity index (χ1v) is 25.0. The number of carbonyl (C=O) groups is 1. The number of benzene rings is 5. The normalized spacial score (nSPS) is 12.4. The molecule has 5 aromatic carbocycles. The van der Waals surface area contributed by atoms with Gasteiger partial charge >= 0.3 is 5.97 Å². The van der Waals surface area contributed by atoms with Crippen molar-refractivity contribution in [2.24, 2.45) is 0 Å². The molecule has 0 spiro atoms. The van der Waals surface area contributed by atoms with Crippen LogP contribution in [0.2, 0.25) is 5.02 Å². The van der Waals surface area contributed by atoms with Crippen molar-refractivity contribution in [1.29, 1.82) is 0 Å². The second kappa shape index (κ2) is 27.3. The van der Waals surface area contributed by atoms with Crippen LogP contribution in [-0.4, -0.2) is 95.2 Å². The molecular weight excluding hydrogens is 905 g/mol. The third-order valence-corrected chi connectivity index (χ3v) is 13.0. The number of aromatic carboxylic acids is 1. The van der Waals surface area contributed by atoms with Crippen LogP contribution in [0.25, 0.3) is 11.1 Å². The van der Waals surface area contributed by atoms with E-state index in [0.29, 0.717) is 29.2 Å². The van der Waals surface area contributed by atoms with Gasteiger partial charge in [0.1, 0.15) is 0 Å². The van der Waals surface area contributed by atoms with Gasteiger partial charge in [0, 0.05) is 94.5 Å². The molecule has 67 heavy (non-hydrogen) atoms. The molecule has 16 heteroatoms. The van der Waals surface area contributed by atoms with Crippen LogP contribution >= 0.6 is 31.7 Å². The predicted octanol–water partition coefficient (Wildman–Crippen LogP) is 11.6. The summed E-state index contributed by atoms with van der Waals surface area (Å²) in [7, 11) is 3.89. The minimum Gasteiger partial charge on any atom is -0.478 e. The second-order valence-electron chi connectivity index (χ2n) is 15.5. The highest BCUT2D eigenvalue weighted by molar-refractivity contribution is 7.99. The number of carboxylic acid groups (broad SMARTS) is 1. The number of thioether (sulfide) groups is 1. The molecule has 0 saturated carbocycles. The number of halogens is 1. The topological polar surface area (TPSA) is 151 Å². The van der Waals surface area contributed by atoms with Gasteiger partial charge in [-0.1, -0.05) is 80.9 Å². The second-order valence-corrected chi connectivity index (χ2v) is 18.5. The first-order chi connectivity index (χ1) is 32.2. The van der Waals surface area contributed by atoms with Crippen LogP contribution in [0.1, 0.15) is 49.4 Å². The molecule has 0 amide bonds. The van der Waals surface area contributed by atoms with Crippen molar-refractivity contribution in [3.05, 3.63) is 159 Å². The Balaban J connectivity index is 0.000000661.